The monoisotopic (exact) mass is 185 g/mol. The molecule has 3 aromatic heterocycles. The van der Waals surface area contributed by atoms with Gasteiger partial charge in [-0.25, -0.2) is 15.0 Å². The van der Waals surface area contributed by atoms with Gasteiger partial charge >= 0.3 is 0 Å². The largest absolute Gasteiger partial charge is 0.382 e. The van der Waals surface area contributed by atoms with Crippen molar-refractivity contribution in [3.63, 3.8) is 0 Å². The van der Waals surface area contributed by atoms with E-state index in [1.54, 1.807) is 0 Å². The van der Waals surface area contributed by atoms with Crippen molar-refractivity contribution >= 4 is 22.6 Å². The van der Waals surface area contributed by atoms with Crippen molar-refractivity contribution in [2.24, 2.45) is 0 Å². The van der Waals surface area contributed by atoms with E-state index in [2.05, 4.69) is 15.0 Å². The van der Waals surface area contributed by atoms with Gasteiger partial charge in [-0.1, -0.05) is 6.07 Å². The number of nitrogens with two attached hydrogens (primary N) is 1. The van der Waals surface area contributed by atoms with Gasteiger partial charge in [0.2, 0.25) is 0 Å². The van der Waals surface area contributed by atoms with Crippen LogP contribution in [0, 0.1) is 0 Å². The number of nitrogen functional groups attached to an aromatic ring is 1. The molecule has 0 aliphatic carbocycles. The first kappa shape index (κ1) is 7.25. The maximum Gasteiger partial charge on any atom is 0.170 e. The molecule has 0 atom stereocenters. The molecule has 3 aromatic rings. The third-order valence-corrected chi connectivity index (χ3v) is 2.12. The average Bonchev–Trinajstić information content (AvgIpc) is 2.59. The molecule has 68 valence electrons. The molecule has 0 radical (unpaired) electrons. The Morgan fingerprint density at radius 1 is 1.21 bits per heavy atom. The molecule has 0 aliphatic heterocycles. The number of imidazole rings is 1. The van der Waals surface area contributed by atoms with Crippen molar-refractivity contribution in [1.29, 1.82) is 0 Å². The minimum absolute atomic E-state index is 0.415. The number of fused-ring (bicyclic) bond motifs is 3. The summed E-state index contributed by atoms with van der Waals surface area (Å²) in [7, 11) is 0. The van der Waals surface area contributed by atoms with E-state index in [9.17, 15) is 0 Å². The lowest BCUT2D eigenvalue weighted by Crippen LogP contribution is -1.93. The van der Waals surface area contributed by atoms with E-state index in [4.69, 9.17) is 5.73 Å². The van der Waals surface area contributed by atoms with Crippen LogP contribution in [0.3, 0.4) is 0 Å². The Kier molecular flexibility index (Phi) is 1.25. The van der Waals surface area contributed by atoms with Crippen LogP contribution in [-0.4, -0.2) is 19.4 Å². The highest BCUT2D eigenvalue weighted by molar-refractivity contribution is 5.85. The normalized spacial score (nSPS) is 11.1. The van der Waals surface area contributed by atoms with E-state index in [0.717, 1.165) is 11.3 Å². The Hall–Kier alpha value is -2.17. The van der Waals surface area contributed by atoms with Gasteiger partial charge in [-0.15, -0.1) is 0 Å². The predicted molar refractivity (Wildman–Crippen MR) is 52.7 cm³/mol. The van der Waals surface area contributed by atoms with Crippen molar-refractivity contribution in [3.05, 3.63) is 30.7 Å². The first-order chi connectivity index (χ1) is 6.86. The number of hydrogen-bond acceptors (Lipinski definition) is 4. The highest BCUT2D eigenvalue weighted by Crippen LogP contribution is 2.16. The maximum absolute atomic E-state index is 5.69. The third-order valence-electron chi connectivity index (χ3n) is 2.12. The summed E-state index contributed by atoms with van der Waals surface area (Å²) in [6, 6.07) is 5.75. The average molecular weight is 185 g/mol. The lowest BCUT2D eigenvalue weighted by Gasteiger charge is -1.92. The second-order valence-corrected chi connectivity index (χ2v) is 2.97. The molecule has 0 aromatic carbocycles. The van der Waals surface area contributed by atoms with Crippen LogP contribution in [0.1, 0.15) is 0 Å². The zero-order chi connectivity index (χ0) is 9.54. The van der Waals surface area contributed by atoms with Gasteiger partial charge in [0.25, 0.3) is 0 Å². The summed E-state index contributed by atoms with van der Waals surface area (Å²) in [6.45, 7) is 0. The summed E-state index contributed by atoms with van der Waals surface area (Å²) >= 11 is 0. The number of pyridine rings is 1. The quantitative estimate of drug-likeness (QED) is 0.564. The zero-order valence-electron chi connectivity index (χ0n) is 7.25. The Morgan fingerprint density at radius 3 is 3.07 bits per heavy atom. The molecule has 0 spiro atoms. The maximum atomic E-state index is 5.69. The van der Waals surface area contributed by atoms with Crippen molar-refractivity contribution in [2.75, 3.05) is 5.73 Å². The van der Waals surface area contributed by atoms with Crippen molar-refractivity contribution in [1.82, 2.24) is 19.4 Å². The van der Waals surface area contributed by atoms with Gasteiger partial charge in [-0.3, -0.25) is 4.40 Å². The van der Waals surface area contributed by atoms with Gasteiger partial charge < -0.3 is 5.73 Å². The molecule has 3 rings (SSSR count). The number of nitrogens with zero attached hydrogens (tertiary/aromatic N) is 4. The Bertz CT molecular complexity index is 613. The third kappa shape index (κ3) is 0.806. The molecule has 3 heterocycles. The molecule has 0 saturated heterocycles. The number of rotatable bonds is 0. The highest BCUT2D eigenvalue weighted by atomic mass is 15.1. The Morgan fingerprint density at radius 2 is 2.14 bits per heavy atom. The number of anilines is 1. The minimum atomic E-state index is 0.415. The number of hydrogen-bond donors (Lipinski definition) is 1. The van der Waals surface area contributed by atoms with Gasteiger partial charge in [0.05, 0.1) is 0 Å². The van der Waals surface area contributed by atoms with E-state index < -0.39 is 0 Å². The number of aromatic nitrogens is 4. The zero-order valence-corrected chi connectivity index (χ0v) is 7.25. The molecule has 0 bridgehead atoms. The molecule has 2 N–H and O–H groups in total. The van der Waals surface area contributed by atoms with Gasteiger partial charge in [0.1, 0.15) is 12.0 Å². The molecule has 0 unspecified atom stereocenters. The van der Waals surface area contributed by atoms with Crippen LogP contribution in [0.25, 0.3) is 16.8 Å². The standard InChI is InChI=1S/C9H7N5/c10-8-7-9(12-5-11-8)14-4-2-1-3-6(14)13-7/h1-5H,(H2,10,11,12). The molecule has 0 saturated carbocycles. The van der Waals surface area contributed by atoms with Crippen LogP contribution in [0.5, 0.6) is 0 Å². The highest BCUT2D eigenvalue weighted by Gasteiger charge is 2.07. The van der Waals surface area contributed by atoms with Crippen molar-refractivity contribution in [3.8, 4) is 0 Å². The fraction of sp³-hybridized carbons (Fsp3) is 0. The van der Waals surface area contributed by atoms with Crippen molar-refractivity contribution in [2.45, 2.75) is 0 Å². The summed E-state index contributed by atoms with van der Waals surface area (Å²) in [5.41, 5.74) is 7.92. The molecule has 0 amide bonds. The van der Waals surface area contributed by atoms with Crippen molar-refractivity contribution < 1.29 is 0 Å². The minimum Gasteiger partial charge on any atom is -0.382 e. The molecule has 0 aliphatic rings. The van der Waals surface area contributed by atoms with Crippen LogP contribution in [0.2, 0.25) is 0 Å². The SMILES string of the molecule is Nc1ncnc2c1nc1ccccn12. The van der Waals surface area contributed by atoms with Crippen LogP contribution in [0.15, 0.2) is 30.7 Å². The first-order valence-corrected chi connectivity index (χ1v) is 4.19. The second-order valence-electron chi connectivity index (χ2n) is 2.97. The van der Waals surface area contributed by atoms with Crippen LogP contribution in [-0.2, 0) is 0 Å². The first-order valence-electron chi connectivity index (χ1n) is 4.19. The smallest absolute Gasteiger partial charge is 0.170 e. The Balaban J connectivity index is 2.63. The van der Waals surface area contributed by atoms with Crippen LogP contribution in [0.4, 0.5) is 5.82 Å². The van der Waals surface area contributed by atoms with Gasteiger partial charge in [0.15, 0.2) is 17.0 Å². The van der Waals surface area contributed by atoms with Crippen LogP contribution >= 0.6 is 0 Å². The van der Waals surface area contributed by atoms with Gasteiger partial charge in [0, 0.05) is 6.20 Å². The second kappa shape index (κ2) is 2.41. The summed E-state index contributed by atoms with van der Waals surface area (Å²) < 4.78 is 1.88. The molecule has 0 fully saturated rings. The summed E-state index contributed by atoms with van der Waals surface area (Å²) in [6.07, 6.45) is 3.34. The van der Waals surface area contributed by atoms with E-state index in [0.29, 0.717) is 11.3 Å². The molecular formula is C9H7N5. The lowest BCUT2D eigenvalue weighted by molar-refractivity contribution is 1.15. The van der Waals surface area contributed by atoms with E-state index in [1.165, 1.54) is 6.33 Å². The molecule has 5 nitrogen and oxygen atoms in total. The van der Waals surface area contributed by atoms with Crippen LogP contribution < -0.4 is 5.73 Å². The Labute approximate surface area is 79.2 Å². The fourth-order valence-corrected chi connectivity index (χ4v) is 1.48. The molecule has 14 heavy (non-hydrogen) atoms. The topological polar surface area (TPSA) is 69.1 Å². The van der Waals surface area contributed by atoms with Gasteiger partial charge in [-0.2, -0.15) is 0 Å². The summed E-state index contributed by atoms with van der Waals surface area (Å²) in [5, 5.41) is 0. The predicted octanol–water partition coefficient (Wildman–Crippen LogP) is 0.860. The molecule has 5 heteroatoms. The summed E-state index contributed by atoms with van der Waals surface area (Å²) in [4.78, 5) is 12.4. The van der Waals surface area contributed by atoms with E-state index >= 15 is 0 Å². The lowest BCUT2D eigenvalue weighted by atomic mass is 10.5. The van der Waals surface area contributed by atoms with E-state index in [1.807, 2.05) is 28.8 Å². The molecular weight excluding hydrogens is 178 g/mol. The van der Waals surface area contributed by atoms with E-state index in [-0.39, 0.29) is 0 Å². The van der Waals surface area contributed by atoms with Gasteiger partial charge in [-0.05, 0) is 12.1 Å². The summed E-state index contributed by atoms with van der Waals surface area (Å²) in [5.74, 6) is 0.415. The fourth-order valence-electron chi connectivity index (χ4n) is 1.48.